The lowest BCUT2D eigenvalue weighted by atomic mass is 9.98. The van der Waals surface area contributed by atoms with Gasteiger partial charge in [-0.1, -0.05) is 36.4 Å². The van der Waals surface area contributed by atoms with Gasteiger partial charge in [0, 0.05) is 62.1 Å². The van der Waals surface area contributed by atoms with Gasteiger partial charge in [0.1, 0.15) is 11.5 Å². The molecule has 0 unspecified atom stereocenters. The van der Waals surface area contributed by atoms with Crippen LogP contribution in [0.15, 0.2) is 84.9 Å². The molecule has 1 N–H and O–H groups in total. The summed E-state index contributed by atoms with van der Waals surface area (Å²) in [4.78, 5) is 41.6. The summed E-state index contributed by atoms with van der Waals surface area (Å²) in [7, 11) is 1.73. The monoisotopic (exact) mass is 575 g/mol. The van der Waals surface area contributed by atoms with Gasteiger partial charge in [-0.3, -0.25) is 14.4 Å². The minimum Gasteiger partial charge on any atom is -0.457 e. The summed E-state index contributed by atoms with van der Waals surface area (Å²) in [6.45, 7) is 3.34. The van der Waals surface area contributed by atoms with Crippen molar-refractivity contribution in [1.82, 2.24) is 25.3 Å². The van der Waals surface area contributed by atoms with Crippen LogP contribution in [0, 0.1) is 6.92 Å². The molecule has 4 aromatic rings. The number of amides is 3. The third-order valence-corrected chi connectivity index (χ3v) is 8.03. The van der Waals surface area contributed by atoms with E-state index >= 15 is 0 Å². The number of nitrogens with one attached hydrogen (secondary N) is 1. The van der Waals surface area contributed by atoms with Crippen molar-refractivity contribution in [2.75, 3.05) is 20.1 Å². The summed E-state index contributed by atoms with van der Waals surface area (Å²) in [5, 5.41) is 11.4. The zero-order chi connectivity index (χ0) is 29.9. The first-order valence-electron chi connectivity index (χ1n) is 14.4. The number of carbonyl (C=O) groups excluding carboxylic acids is 3. The highest BCUT2D eigenvalue weighted by Gasteiger charge is 2.32. The van der Waals surface area contributed by atoms with Gasteiger partial charge in [-0.2, -0.15) is 10.2 Å². The summed E-state index contributed by atoms with van der Waals surface area (Å²) in [5.74, 6) is 1.02. The molecule has 2 aliphatic heterocycles. The Hall–Kier alpha value is -5.05. The SMILES string of the molecule is Cc1ccc(-c2ccc(Oc3cc(C(=O)N[C@H]4CC(=O)N(C)C4)ccc3CN3C[C@H](c4ccccc4)CC3=O)cc2)nn1. The van der Waals surface area contributed by atoms with E-state index in [1.54, 1.807) is 24.1 Å². The molecule has 2 fully saturated rings. The molecule has 0 aliphatic carbocycles. The highest BCUT2D eigenvalue weighted by atomic mass is 16.5. The number of hydrogen-bond donors (Lipinski definition) is 1. The van der Waals surface area contributed by atoms with Gasteiger partial charge in [0.2, 0.25) is 11.8 Å². The lowest BCUT2D eigenvalue weighted by Crippen LogP contribution is -2.36. The Balaban J connectivity index is 1.24. The van der Waals surface area contributed by atoms with Crippen LogP contribution in [0.25, 0.3) is 11.3 Å². The number of rotatable bonds is 8. The van der Waals surface area contributed by atoms with Gasteiger partial charge < -0.3 is 19.9 Å². The lowest BCUT2D eigenvalue weighted by Gasteiger charge is -2.20. The maximum atomic E-state index is 13.2. The van der Waals surface area contributed by atoms with Gasteiger partial charge >= 0.3 is 0 Å². The van der Waals surface area contributed by atoms with Crippen molar-refractivity contribution in [2.24, 2.45) is 0 Å². The van der Waals surface area contributed by atoms with Crippen LogP contribution in [0.3, 0.4) is 0 Å². The average molecular weight is 576 g/mol. The highest BCUT2D eigenvalue weighted by Crippen LogP contribution is 2.33. The van der Waals surface area contributed by atoms with Crippen molar-refractivity contribution in [3.05, 3.63) is 107 Å². The number of likely N-dealkylation sites (N-methyl/N-ethyl adjacent to an activating group) is 1. The smallest absolute Gasteiger partial charge is 0.251 e. The van der Waals surface area contributed by atoms with Crippen LogP contribution < -0.4 is 10.1 Å². The Morgan fingerprint density at radius 2 is 1.70 bits per heavy atom. The van der Waals surface area contributed by atoms with Gasteiger partial charge in [-0.15, -0.1) is 0 Å². The fourth-order valence-corrected chi connectivity index (χ4v) is 5.60. The summed E-state index contributed by atoms with van der Waals surface area (Å²) in [5.41, 5.74) is 4.87. The summed E-state index contributed by atoms with van der Waals surface area (Å²) in [6, 6.07) is 26.5. The number of nitrogens with zero attached hydrogens (tertiary/aromatic N) is 4. The molecule has 43 heavy (non-hydrogen) atoms. The second-order valence-electron chi connectivity index (χ2n) is 11.2. The van der Waals surface area contributed by atoms with E-state index < -0.39 is 0 Å². The van der Waals surface area contributed by atoms with Gasteiger partial charge in [0.15, 0.2) is 0 Å². The minimum absolute atomic E-state index is 0.00817. The molecule has 0 saturated carbocycles. The van der Waals surface area contributed by atoms with Crippen molar-refractivity contribution in [3.63, 3.8) is 0 Å². The maximum absolute atomic E-state index is 13.2. The number of ether oxygens (including phenoxy) is 1. The Morgan fingerprint density at radius 1 is 0.907 bits per heavy atom. The maximum Gasteiger partial charge on any atom is 0.251 e. The number of hydrogen-bond acceptors (Lipinski definition) is 6. The number of aromatic nitrogens is 2. The molecule has 3 aromatic carbocycles. The zero-order valence-electron chi connectivity index (χ0n) is 24.2. The molecule has 2 aliphatic rings. The molecular formula is C34H33N5O4. The normalized spacial score (nSPS) is 18.3. The van der Waals surface area contributed by atoms with E-state index in [0.29, 0.717) is 43.1 Å². The highest BCUT2D eigenvalue weighted by molar-refractivity contribution is 5.95. The predicted octanol–water partition coefficient (Wildman–Crippen LogP) is 4.72. The Morgan fingerprint density at radius 3 is 2.40 bits per heavy atom. The van der Waals surface area contributed by atoms with Crippen molar-refractivity contribution < 1.29 is 19.1 Å². The molecule has 1 aromatic heterocycles. The van der Waals surface area contributed by atoms with E-state index in [-0.39, 0.29) is 36.1 Å². The quantitative estimate of drug-likeness (QED) is 0.326. The summed E-state index contributed by atoms with van der Waals surface area (Å²) >= 11 is 0. The van der Waals surface area contributed by atoms with E-state index in [2.05, 4.69) is 27.6 Å². The van der Waals surface area contributed by atoms with E-state index in [1.165, 1.54) is 0 Å². The van der Waals surface area contributed by atoms with Crippen LogP contribution in [0.2, 0.25) is 0 Å². The van der Waals surface area contributed by atoms with Crippen molar-refractivity contribution >= 4 is 17.7 Å². The van der Waals surface area contributed by atoms with Crippen molar-refractivity contribution in [3.8, 4) is 22.8 Å². The molecular weight excluding hydrogens is 542 g/mol. The lowest BCUT2D eigenvalue weighted by molar-refractivity contribution is -0.128. The van der Waals surface area contributed by atoms with Crippen LogP contribution in [-0.2, 0) is 16.1 Å². The molecule has 0 spiro atoms. The van der Waals surface area contributed by atoms with Gasteiger partial charge in [-0.05, 0) is 61.0 Å². The molecule has 9 nitrogen and oxygen atoms in total. The second kappa shape index (κ2) is 12.1. The van der Waals surface area contributed by atoms with Crippen molar-refractivity contribution in [2.45, 2.75) is 38.3 Å². The molecule has 0 bridgehead atoms. The molecule has 3 heterocycles. The summed E-state index contributed by atoms with van der Waals surface area (Å²) < 4.78 is 6.36. The number of aryl methyl sites for hydroxylation is 1. The van der Waals surface area contributed by atoms with E-state index in [0.717, 1.165) is 28.1 Å². The second-order valence-corrected chi connectivity index (χ2v) is 11.2. The Labute approximate surface area is 250 Å². The Kier molecular flexibility index (Phi) is 7.87. The summed E-state index contributed by atoms with van der Waals surface area (Å²) in [6.07, 6.45) is 0.736. The minimum atomic E-state index is -0.279. The Bertz CT molecular complexity index is 1640. The first kappa shape index (κ1) is 28.1. The molecule has 3 amide bonds. The fraction of sp³-hybridized carbons (Fsp3) is 0.265. The van der Waals surface area contributed by atoms with E-state index in [4.69, 9.17) is 4.74 Å². The van der Waals surface area contributed by atoms with Crippen LogP contribution in [0.1, 0.15) is 45.9 Å². The topological polar surface area (TPSA) is 105 Å². The van der Waals surface area contributed by atoms with Crippen molar-refractivity contribution in [1.29, 1.82) is 0 Å². The standard InChI is InChI=1S/C34H33N5O4/c1-22-8-15-30(37-36-22)24-11-13-29(14-12-24)43-31-16-25(34(42)35-28-18-32(40)38(2)21-28)9-10-26(31)19-39-20-27(17-33(39)41)23-6-4-3-5-7-23/h3-16,27-28H,17-21H2,1-2H3,(H,35,42)/t27-,28+/m1/s1. The van der Waals surface area contributed by atoms with Gasteiger partial charge in [-0.25, -0.2) is 0 Å². The molecule has 0 radical (unpaired) electrons. The number of carbonyl (C=O) groups is 3. The molecule has 9 heteroatoms. The first-order chi connectivity index (χ1) is 20.8. The van der Waals surface area contributed by atoms with Crippen LogP contribution >= 0.6 is 0 Å². The molecule has 218 valence electrons. The average Bonchev–Trinajstić information content (AvgIpc) is 3.54. The third kappa shape index (κ3) is 6.40. The molecule has 6 rings (SSSR count). The van der Waals surface area contributed by atoms with Gasteiger partial charge in [0.05, 0.1) is 17.4 Å². The van der Waals surface area contributed by atoms with E-state index in [1.807, 2.05) is 72.5 Å². The van der Waals surface area contributed by atoms with Gasteiger partial charge in [0.25, 0.3) is 5.91 Å². The fourth-order valence-electron chi connectivity index (χ4n) is 5.60. The third-order valence-electron chi connectivity index (χ3n) is 8.03. The molecule has 2 saturated heterocycles. The largest absolute Gasteiger partial charge is 0.457 e. The van der Waals surface area contributed by atoms with Crippen LogP contribution in [0.5, 0.6) is 11.5 Å². The first-order valence-corrected chi connectivity index (χ1v) is 14.4. The van der Waals surface area contributed by atoms with E-state index in [9.17, 15) is 14.4 Å². The predicted molar refractivity (Wildman–Crippen MR) is 161 cm³/mol. The zero-order valence-corrected chi connectivity index (χ0v) is 24.2. The van der Waals surface area contributed by atoms with Crippen LogP contribution in [0.4, 0.5) is 0 Å². The number of likely N-dealkylation sites (tertiary alicyclic amines) is 2. The molecule has 2 atom stereocenters. The van der Waals surface area contributed by atoms with Crippen LogP contribution in [-0.4, -0.2) is 63.9 Å². The number of benzene rings is 3.